The number of anilines is 2. The molecule has 0 unspecified atom stereocenters. The largest absolute Gasteiger partial charge is 0.500 e. The number of nitrogens with one attached hydrogen (secondary N) is 1. The van der Waals surface area contributed by atoms with Crippen LogP contribution in [-0.4, -0.2) is 42.6 Å². The molecule has 0 atom stereocenters. The summed E-state index contributed by atoms with van der Waals surface area (Å²) in [6, 6.07) is 5.40. The van der Waals surface area contributed by atoms with Crippen LogP contribution < -0.4 is 16.8 Å². The predicted molar refractivity (Wildman–Crippen MR) is 83.8 cm³/mol. The van der Waals surface area contributed by atoms with E-state index in [9.17, 15) is 4.79 Å². The van der Waals surface area contributed by atoms with Gasteiger partial charge in [0, 0.05) is 50.9 Å². The molecule has 0 heterocycles. The molecule has 0 aliphatic heterocycles. The second kappa shape index (κ2) is 7.98. The topological polar surface area (TPSA) is 109 Å². The third kappa shape index (κ3) is 5.01. The highest BCUT2D eigenvalue weighted by Gasteiger charge is 2.36. The molecule has 1 amide bonds. The lowest BCUT2D eigenvalue weighted by atomic mass is 10.1. The molecule has 0 fully saturated rings. The molecule has 5 N–H and O–H groups in total. The second-order valence-electron chi connectivity index (χ2n) is 4.54. The lowest BCUT2D eigenvalue weighted by Gasteiger charge is -2.24. The Hall–Kier alpha value is -1.61. The molecule has 0 radical (unpaired) electrons. The molecule has 0 aromatic heterocycles. The number of amides is 1. The van der Waals surface area contributed by atoms with Gasteiger partial charge in [-0.3, -0.25) is 4.79 Å². The summed E-state index contributed by atoms with van der Waals surface area (Å²) in [4.78, 5) is 12.0. The van der Waals surface area contributed by atoms with E-state index in [1.807, 2.05) is 0 Å². The van der Waals surface area contributed by atoms with E-state index in [2.05, 4.69) is 5.32 Å². The Bertz CT molecular complexity index is 452. The number of hydrogen-bond acceptors (Lipinski definition) is 6. The zero-order chi connectivity index (χ0) is 15.9. The van der Waals surface area contributed by atoms with Crippen molar-refractivity contribution >= 4 is 26.1 Å². The lowest BCUT2D eigenvalue weighted by Crippen LogP contribution is -2.43. The Morgan fingerprint density at radius 2 is 1.62 bits per heavy atom. The van der Waals surface area contributed by atoms with Crippen LogP contribution in [0.3, 0.4) is 0 Å². The Balaban J connectivity index is 2.47. The summed E-state index contributed by atoms with van der Waals surface area (Å²) < 4.78 is 15.9. The Labute approximate surface area is 125 Å². The first-order chi connectivity index (χ1) is 9.96. The molecule has 118 valence electrons. The summed E-state index contributed by atoms with van der Waals surface area (Å²) in [5.41, 5.74) is 12.7. The third-order valence-electron chi connectivity index (χ3n) is 3.12. The van der Waals surface area contributed by atoms with Gasteiger partial charge in [0.05, 0.1) is 0 Å². The number of rotatable bonds is 8. The molecule has 8 heteroatoms. The number of carbonyl (C=O) groups excluding carboxylic acids is 1. The minimum absolute atomic E-state index is 0.214. The molecule has 0 aliphatic rings. The van der Waals surface area contributed by atoms with Crippen molar-refractivity contribution in [1.82, 2.24) is 5.32 Å². The summed E-state index contributed by atoms with van der Waals surface area (Å²) in [7, 11) is 2.11. The SMILES string of the molecule is CO[Si](CCCNC(=O)c1cc(N)cc(N)c1)(OC)OC. The molecule has 0 bridgehead atoms. The quantitative estimate of drug-likeness (QED) is 0.373. The summed E-state index contributed by atoms with van der Waals surface area (Å²) in [6.07, 6.45) is 0.686. The van der Waals surface area contributed by atoms with Gasteiger partial charge in [-0.25, -0.2) is 0 Å². The van der Waals surface area contributed by atoms with Crippen molar-refractivity contribution in [1.29, 1.82) is 0 Å². The van der Waals surface area contributed by atoms with Crippen LogP contribution in [0.4, 0.5) is 11.4 Å². The highest BCUT2D eigenvalue weighted by Crippen LogP contribution is 2.15. The molecular formula is C13H23N3O4Si. The zero-order valence-electron chi connectivity index (χ0n) is 12.6. The second-order valence-corrected chi connectivity index (χ2v) is 7.63. The standard InChI is InChI=1S/C13H23N3O4Si/c1-18-21(19-2,20-3)6-4-5-16-13(17)10-7-11(14)9-12(15)8-10/h7-9H,4-6,14-15H2,1-3H3,(H,16,17). The minimum atomic E-state index is -2.58. The third-order valence-corrected chi connectivity index (χ3v) is 5.95. The average molecular weight is 313 g/mol. The fraction of sp³-hybridized carbons (Fsp3) is 0.462. The van der Waals surface area contributed by atoms with Crippen LogP contribution in [0.25, 0.3) is 0 Å². The average Bonchev–Trinajstić information content (AvgIpc) is 2.47. The molecule has 7 nitrogen and oxygen atoms in total. The molecule has 1 aromatic carbocycles. The van der Waals surface area contributed by atoms with Gasteiger partial charge in [0.25, 0.3) is 5.91 Å². The van der Waals surface area contributed by atoms with E-state index >= 15 is 0 Å². The van der Waals surface area contributed by atoms with Crippen molar-refractivity contribution in [2.45, 2.75) is 12.5 Å². The van der Waals surface area contributed by atoms with E-state index in [-0.39, 0.29) is 5.91 Å². The van der Waals surface area contributed by atoms with Crippen LogP contribution in [0, 0.1) is 0 Å². The summed E-state index contributed by atoms with van der Waals surface area (Å²) in [5, 5.41) is 2.80. The number of benzene rings is 1. The van der Waals surface area contributed by atoms with Gasteiger partial charge >= 0.3 is 8.80 Å². The summed E-state index contributed by atoms with van der Waals surface area (Å²) in [6.45, 7) is 0.484. The van der Waals surface area contributed by atoms with Gasteiger partial charge in [-0.05, 0) is 24.6 Å². The molecule has 0 saturated heterocycles. The van der Waals surface area contributed by atoms with Crippen molar-refractivity contribution in [2.24, 2.45) is 0 Å². The maximum Gasteiger partial charge on any atom is 0.500 e. The fourth-order valence-electron chi connectivity index (χ4n) is 1.97. The predicted octanol–water partition coefficient (Wildman–Crippen LogP) is 0.849. The monoisotopic (exact) mass is 313 g/mol. The molecule has 0 aliphatic carbocycles. The van der Waals surface area contributed by atoms with Crippen LogP contribution in [0.5, 0.6) is 0 Å². The van der Waals surface area contributed by atoms with E-state index in [0.29, 0.717) is 35.9 Å². The normalized spacial score (nSPS) is 11.4. The highest BCUT2D eigenvalue weighted by atomic mass is 28.4. The number of nitrogen functional groups attached to an aromatic ring is 2. The van der Waals surface area contributed by atoms with Gasteiger partial charge in [-0.2, -0.15) is 0 Å². The van der Waals surface area contributed by atoms with Gasteiger partial charge in [-0.1, -0.05) is 0 Å². The Morgan fingerprint density at radius 1 is 1.10 bits per heavy atom. The van der Waals surface area contributed by atoms with Crippen LogP contribution in [0.2, 0.25) is 6.04 Å². The van der Waals surface area contributed by atoms with Crippen molar-refractivity contribution in [3.05, 3.63) is 23.8 Å². The van der Waals surface area contributed by atoms with Crippen molar-refractivity contribution in [2.75, 3.05) is 39.3 Å². The number of nitrogens with two attached hydrogens (primary N) is 2. The summed E-state index contributed by atoms with van der Waals surface area (Å²) in [5.74, 6) is -0.214. The molecule has 1 rings (SSSR count). The highest BCUT2D eigenvalue weighted by molar-refractivity contribution is 6.60. The molecule has 21 heavy (non-hydrogen) atoms. The van der Waals surface area contributed by atoms with Crippen LogP contribution in [0.15, 0.2) is 18.2 Å². The first kappa shape index (κ1) is 17.4. The Kier molecular flexibility index (Phi) is 6.63. The molecule has 0 saturated carbocycles. The minimum Gasteiger partial charge on any atom is -0.399 e. The van der Waals surface area contributed by atoms with Gasteiger partial charge in [0.2, 0.25) is 0 Å². The van der Waals surface area contributed by atoms with Crippen molar-refractivity contribution in [3.8, 4) is 0 Å². The van der Waals surface area contributed by atoms with E-state index in [4.69, 9.17) is 24.7 Å². The first-order valence-electron chi connectivity index (χ1n) is 6.56. The van der Waals surface area contributed by atoms with Gasteiger partial charge < -0.3 is 30.1 Å². The van der Waals surface area contributed by atoms with E-state index in [1.54, 1.807) is 39.5 Å². The smallest absolute Gasteiger partial charge is 0.399 e. The van der Waals surface area contributed by atoms with Crippen molar-refractivity contribution in [3.63, 3.8) is 0 Å². The summed E-state index contributed by atoms with van der Waals surface area (Å²) >= 11 is 0. The van der Waals surface area contributed by atoms with E-state index in [1.165, 1.54) is 0 Å². The molecule has 1 aromatic rings. The first-order valence-corrected chi connectivity index (χ1v) is 8.49. The van der Waals surface area contributed by atoms with Crippen LogP contribution in [0.1, 0.15) is 16.8 Å². The van der Waals surface area contributed by atoms with Gasteiger partial charge in [-0.15, -0.1) is 0 Å². The number of carbonyl (C=O) groups is 1. The molecule has 0 spiro atoms. The number of hydrogen-bond donors (Lipinski definition) is 3. The molecular weight excluding hydrogens is 290 g/mol. The van der Waals surface area contributed by atoms with Gasteiger partial charge in [0.1, 0.15) is 0 Å². The fourth-order valence-corrected chi connectivity index (χ4v) is 3.69. The van der Waals surface area contributed by atoms with E-state index < -0.39 is 8.80 Å². The maximum absolute atomic E-state index is 12.0. The maximum atomic E-state index is 12.0. The van der Waals surface area contributed by atoms with Gasteiger partial charge in [0.15, 0.2) is 0 Å². The lowest BCUT2D eigenvalue weighted by molar-refractivity contribution is 0.0949. The Morgan fingerprint density at radius 3 is 2.10 bits per heavy atom. The van der Waals surface area contributed by atoms with E-state index in [0.717, 1.165) is 0 Å². The van der Waals surface area contributed by atoms with Crippen LogP contribution in [-0.2, 0) is 13.3 Å². The zero-order valence-corrected chi connectivity index (χ0v) is 13.6. The van der Waals surface area contributed by atoms with Crippen LogP contribution >= 0.6 is 0 Å². The van der Waals surface area contributed by atoms with Crippen molar-refractivity contribution < 1.29 is 18.1 Å².